The molecule has 0 spiro atoms. The number of hydrogen-bond acceptors (Lipinski definition) is 6. The number of nitrogens with zero attached hydrogens (tertiary/aromatic N) is 4. The van der Waals surface area contributed by atoms with Crippen molar-refractivity contribution in [1.29, 1.82) is 0 Å². The molecule has 4 aromatic rings. The van der Waals surface area contributed by atoms with E-state index in [4.69, 9.17) is 19.5 Å². The molecule has 0 atom stereocenters. The van der Waals surface area contributed by atoms with Gasteiger partial charge in [0, 0.05) is 24.2 Å². The first-order valence-corrected chi connectivity index (χ1v) is 17.5. The molecule has 266 valence electrons. The van der Waals surface area contributed by atoms with Gasteiger partial charge in [0.05, 0.1) is 14.2 Å². The molecule has 0 fully saturated rings. The molecule has 0 aliphatic carbocycles. The third-order valence-electron chi connectivity index (χ3n) is 9.30. The van der Waals surface area contributed by atoms with Crippen molar-refractivity contribution in [3.63, 3.8) is 0 Å². The summed E-state index contributed by atoms with van der Waals surface area (Å²) in [7, 11) is 3.24. The maximum Gasteiger partial charge on any atom is 0.278 e. The summed E-state index contributed by atoms with van der Waals surface area (Å²) in [5.74, 6) is 2.06. The van der Waals surface area contributed by atoms with Crippen LogP contribution in [-0.4, -0.2) is 60.6 Å². The monoisotopic (exact) mass is 694 g/mol. The highest BCUT2D eigenvalue weighted by atomic mass is 16.5. The largest absolute Gasteiger partial charge is 0.497 e. The lowest BCUT2D eigenvalue weighted by atomic mass is 9.86. The van der Waals surface area contributed by atoms with Crippen LogP contribution in [0.1, 0.15) is 74.9 Å². The fourth-order valence-corrected chi connectivity index (χ4v) is 6.11. The number of methoxy groups -OCH3 is 2. The molecule has 8 heteroatoms. The van der Waals surface area contributed by atoms with Crippen LogP contribution in [0.4, 0.5) is 0 Å². The number of hydrogen-bond donors (Lipinski definition) is 0. The molecule has 0 unspecified atom stereocenters. The average Bonchev–Trinajstić information content (AvgIpc) is 3.61. The van der Waals surface area contributed by atoms with E-state index >= 15 is 0 Å². The second-order valence-electron chi connectivity index (χ2n) is 15.0. The Bertz CT molecular complexity index is 1920. The zero-order chi connectivity index (χ0) is 37.2. The van der Waals surface area contributed by atoms with Crippen molar-refractivity contribution in [2.24, 2.45) is 9.98 Å². The predicted molar refractivity (Wildman–Crippen MR) is 209 cm³/mol. The third-order valence-corrected chi connectivity index (χ3v) is 9.30. The Morgan fingerprint density at radius 3 is 1.13 bits per heavy atom. The highest BCUT2D eigenvalue weighted by Gasteiger charge is 2.36. The van der Waals surface area contributed by atoms with Crippen LogP contribution < -0.4 is 9.47 Å². The highest BCUT2D eigenvalue weighted by molar-refractivity contribution is 6.21. The van der Waals surface area contributed by atoms with Gasteiger partial charge in [0.2, 0.25) is 0 Å². The molecule has 2 aliphatic heterocycles. The van der Waals surface area contributed by atoms with E-state index in [0.717, 1.165) is 33.8 Å². The summed E-state index contributed by atoms with van der Waals surface area (Å²) in [6.45, 7) is 13.4. The number of ether oxygens (including phenoxy) is 2. The lowest BCUT2D eigenvalue weighted by Crippen LogP contribution is -2.42. The van der Waals surface area contributed by atoms with Gasteiger partial charge in [-0.2, -0.15) is 0 Å². The standard InChI is InChI=1S/C44H46N4O4/c1-43(2,3)33-17-13-31(14-18-33)39-45-37(27-29-9-21-35(51-7)22-10-29)41(49)47(39)25-26-48-40(32-15-19-34(20-16-32)44(4,5)6)46-38(42(48)50)28-30-11-23-36(52-8)24-12-30/h9-24,27-28H,25-26H2,1-8H3/b37-27-,38-28+. The topological polar surface area (TPSA) is 83.8 Å². The van der Waals surface area contributed by atoms with Gasteiger partial charge in [0.1, 0.15) is 34.6 Å². The van der Waals surface area contributed by atoms with Crippen molar-refractivity contribution in [1.82, 2.24) is 9.80 Å². The summed E-state index contributed by atoms with van der Waals surface area (Å²) >= 11 is 0. The number of amides is 2. The fourth-order valence-electron chi connectivity index (χ4n) is 6.11. The molecule has 0 saturated heterocycles. The Labute approximate surface area is 306 Å². The zero-order valence-corrected chi connectivity index (χ0v) is 31.2. The van der Waals surface area contributed by atoms with E-state index in [-0.39, 0.29) is 35.7 Å². The number of rotatable bonds is 9. The van der Waals surface area contributed by atoms with Crippen LogP contribution in [0.5, 0.6) is 11.5 Å². The van der Waals surface area contributed by atoms with Crippen LogP contribution in [0.2, 0.25) is 0 Å². The van der Waals surface area contributed by atoms with Crippen LogP contribution in [0.25, 0.3) is 12.2 Å². The molecule has 4 aromatic carbocycles. The SMILES string of the molecule is COc1ccc(/C=C2\N=C(c3ccc(C(C)(C)C)cc3)N(CCN3C(=O)/C(=C\c4ccc(OC)cc4)N=C3c3ccc(C(C)(C)C)cc3)C2=O)cc1. The molecule has 0 aromatic heterocycles. The van der Waals surface area contributed by atoms with Gasteiger partial charge in [-0.3, -0.25) is 19.4 Å². The summed E-state index contributed by atoms with van der Waals surface area (Å²) in [4.78, 5) is 41.4. The molecule has 6 rings (SSSR count). The van der Waals surface area contributed by atoms with Crippen molar-refractivity contribution in [3.05, 3.63) is 142 Å². The summed E-state index contributed by atoms with van der Waals surface area (Å²) in [5.41, 5.74) is 6.23. The molecule has 2 amide bonds. The van der Waals surface area contributed by atoms with Gasteiger partial charge in [0.25, 0.3) is 11.8 Å². The normalized spacial score (nSPS) is 16.5. The average molecular weight is 695 g/mol. The van der Waals surface area contributed by atoms with Crippen LogP contribution in [0.15, 0.2) is 118 Å². The van der Waals surface area contributed by atoms with E-state index in [1.165, 1.54) is 11.1 Å². The molecular formula is C44H46N4O4. The Kier molecular flexibility index (Phi) is 10.0. The molecule has 2 heterocycles. The first-order valence-electron chi connectivity index (χ1n) is 17.5. The quantitative estimate of drug-likeness (QED) is 0.165. The van der Waals surface area contributed by atoms with Gasteiger partial charge < -0.3 is 9.47 Å². The van der Waals surface area contributed by atoms with Gasteiger partial charge >= 0.3 is 0 Å². The van der Waals surface area contributed by atoms with Gasteiger partial charge in [-0.1, -0.05) is 114 Å². The molecule has 0 saturated carbocycles. The Morgan fingerprint density at radius 2 is 0.846 bits per heavy atom. The highest BCUT2D eigenvalue weighted by Crippen LogP contribution is 2.29. The molecule has 8 nitrogen and oxygen atoms in total. The Morgan fingerprint density at radius 1 is 0.519 bits per heavy atom. The number of aliphatic imine (C=N–C) groups is 2. The van der Waals surface area contributed by atoms with E-state index < -0.39 is 0 Å². The zero-order valence-electron chi connectivity index (χ0n) is 31.2. The van der Waals surface area contributed by atoms with Crippen LogP contribution in [-0.2, 0) is 20.4 Å². The molecule has 2 aliphatic rings. The molecule has 0 N–H and O–H groups in total. The van der Waals surface area contributed by atoms with Crippen LogP contribution >= 0.6 is 0 Å². The molecule has 0 radical (unpaired) electrons. The second kappa shape index (κ2) is 14.5. The summed E-state index contributed by atoms with van der Waals surface area (Å²) < 4.78 is 10.6. The van der Waals surface area contributed by atoms with E-state index in [0.29, 0.717) is 23.1 Å². The van der Waals surface area contributed by atoms with Gasteiger partial charge in [-0.25, -0.2) is 9.98 Å². The Hall–Kier alpha value is -5.76. The minimum atomic E-state index is -0.237. The van der Waals surface area contributed by atoms with E-state index in [1.54, 1.807) is 36.2 Å². The maximum absolute atomic E-state index is 14.1. The second-order valence-corrected chi connectivity index (χ2v) is 15.0. The maximum atomic E-state index is 14.1. The predicted octanol–water partition coefficient (Wildman–Crippen LogP) is 8.26. The number of amidine groups is 2. The van der Waals surface area contributed by atoms with Crippen molar-refractivity contribution in [2.75, 3.05) is 27.3 Å². The molecular weight excluding hydrogens is 649 g/mol. The molecule has 52 heavy (non-hydrogen) atoms. The number of carbonyl (C=O) groups excluding carboxylic acids is 2. The molecule has 0 bridgehead atoms. The summed E-state index contributed by atoms with van der Waals surface area (Å²) in [6.07, 6.45) is 3.57. The Balaban J connectivity index is 1.34. The fraction of sp³-hybridized carbons (Fsp3) is 0.273. The van der Waals surface area contributed by atoms with Crippen molar-refractivity contribution in [2.45, 2.75) is 52.4 Å². The lowest BCUT2D eigenvalue weighted by Gasteiger charge is -2.25. The van der Waals surface area contributed by atoms with E-state index in [9.17, 15) is 9.59 Å². The minimum Gasteiger partial charge on any atom is -0.497 e. The van der Waals surface area contributed by atoms with Crippen molar-refractivity contribution < 1.29 is 19.1 Å². The van der Waals surface area contributed by atoms with Gasteiger partial charge in [0.15, 0.2) is 0 Å². The third kappa shape index (κ3) is 7.76. The lowest BCUT2D eigenvalue weighted by molar-refractivity contribution is -0.125. The van der Waals surface area contributed by atoms with E-state index in [2.05, 4.69) is 65.8 Å². The van der Waals surface area contributed by atoms with Crippen molar-refractivity contribution >= 4 is 35.6 Å². The van der Waals surface area contributed by atoms with Crippen molar-refractivity contribution in [3.8, 4) is 11.5 Å². The summed E-state index contributed by atoms with van der Waals surface area (Å²) in [5, 5.41) is 0. The first kappa shape index (κ1) is 36.0. The van der Waals surface area contributed by atoms with Gasteiger partial charge in [-0.05, 0) is 69.5 Å². The van der Waals surface area contributed by atoms with Crippen LogP contribution in [0, 0.1) is 0 Å². The number of benzene rings is 4. The summed E-state index contributed by atoms with van der Waals surface area (Å²) in [6, 6.07) is 31.3. The smallest absolute Gasteiger partial charge is 0.278 e. The number of carbonyl (C=O) groups is 2. The van der Waals surface area contributed by atoms with Gasteiger partial charge in [-0.15, -0.1) is 0 Å². The first-order chi connectivity index (χ1) is 24.7. The minimum absolute atomic E-state index is 0.0288. The van der Waals surface area contributed by atoms with E-state index in [1.807, 2.05) is 72.8 Å². The van der Waals surface area contributed by atoms with Crippen LogP contribution in [0.3, 0.4) is 0 Å².